The minimum absolute atomic E-state index is 0.0302. The van der Waals surface area contributed by atoms with Crippen LogP contribution in [0.2, 0.25) is 0 Å². The molecule has 154 valence electrons. The Morgan fingerprint density at radius 2 is 1.47 bits per heavy atom. The van der Waals surface area contributed by atoms with Crippen molar-refractivity contribution in [2.24, 2.45) is 0 Å². The van der Waals surface area contributed by atoms with Crippen molar-refractivity contribution in [3.63, 3.8) is 0 Å². The van der Waals surface area contributed by atoms with Crippen LogP contribution < -0.4 is 4.18 Å². The normalized spacial score (nSPS) is 11.1. The molecule has 0 bridgehead atoms. The lowest BCUT2D eigenvalue weighted by molar-refractivity contribution is 0.0693. The van der Waals surface area contributed by atoms with Crippen LogP contribution in [-0.4, -0.2) is 30.4 Å². The van der Waals surface area contributed by atoms with E-state index in [4.69, 9.17) is 9.29 Å². The van der Waals surface area contributed by atoms with E-state index in [0.29, 0.717) is 18.3 Å². The van der Waals surface area contributed by atoms with Gasteiger partial charge in [0.05, 0.1) is 7.14 Å². The first-order valence-corrected chi connectivity index (χ1v) is 11.8. The van der Waals surface area contributed by atoms with Crippen LogP contribution in [0.4, 0.5) is 0 Å². The van der Waals surface area contributed by atoms with Crippen molar-refractivity contribution in [3.05, 3.63) is 84.5 Å². The second-order valence-corrected chi connectivity index (χ2v) is 9.86. The molecular weight excluding hydrogens is 638 g/mol. The zero-order valence-corrected chi connectivity index (χ0v) is 20.0. The standard InChI is InChI=1S/C20H12I2O7S/c21-15-8-12(18(24)11-4-2-1-3-5-11)9-16(22)19(15)29-30(27,28)13-6-7-14(20(25)26)17(23)10-13/h1-10,23H,(H,25,26). The lowest BCUT2D eigenvalue weighted by Gasteiger charge is -2.13. The fourth-order valence-corrected chi connectivity index (χ4v) is 5.81. The number of hydrogen-bond donors (Lipinski definition) is 2. The van der Waals surface area contributed by atoms with Crippen LogP contribution in [0.25, 0.3) is 0 Å². The van der Waals surface area contributed by atoms with E-state index in [2.05, 4.69) is 0 Å². The van der Waals surface area contributed by atoms with Crippen LogP contribution in [0.15, 0.2) is 65.6 Å². The van der Waals surface area contributed by atoms with Crippen molar-refractivity contribution in [1.82, 2.24) is 0 Å². The predicted octanol–water partition coefficient (Wildman–Crippen LogP) is 4.30. The second-order valence-electron chi connectivity index (χ2n) is 5.99. The highest BCUT2D eigenvalue weighted by Gasteiger charge is 2.24. The number of ketones is 1. The third-order valence-corrected chi connectivity index (χ3v) is 6.80. The first kappa shape index (κ1) is 22.5. The first-order valence-electron chi connectivity index (χ1n) is 8.20. The monoisotopic (exact) mass is 650 g/mol. The Morgan fingerprint density at radius 1 is 0.867 bits per heavy atom. The second kappa shape index (κ2) is 8.89. The summed E-state index contributed by atoms with van der Waals surface area (Å²) < 4.78 is 31.3. The summed E-state index contributed by atoms with van der Waals surface area (Å²) in [4.78, 5) is 23.2. The van der Waals surface area contributed by atoms with E-state index in [1.165, 1.54) is 12.1 Å². The molecule has 0 radical (unpaired) electrons. The molecule has 0 saturated carbocycles. The average Bonchev–Trinajstić information content (AvgIpc) is 2.70. The number of aromatic carboxylic acids is 1. The summed E-state index contributed by atoms with van der Waals surface area (Å²) in [6, 6.07) is 14.5. The van der Waals surface area contributed by atoms with E-state index in [1.54, 1.807) is 30.3 Å². The number of halogens is 2. The van der Waals surface area contributed by atoms with Gasteiger partial charge in [-0.2, -0.15) is 8.42 Å². The molecule has 10 heteroatoms. The quantitative estimate of drug-likeness (QED) is 0.232. The molecule has 0 fully saturated rings. The van der Waals surface area contributed by atoms with Gasteiger partial charge in [0, 0.05) is 17.2 Å². The number of aromatic hydroxyl groups is 1. The molecule has 0 unspecified atom stereocenters. The van der Waals surface area contributed by atoms with Gasteiger partial charge in [0.25, 0.3) is 0 Å². The van der Waals surface area contributed by atoms with Crippen molar-refractivity contribution in [1.29, 1.82) is 0 Å². The van der Waals surface area contributed by atoms with Crippen molar-refractivity contribution >= 4 is 67.1 Å². The highest BCUT2D eigenvalue weighted by atomic mass is 127. The maximum Gasteiger partial charge on any atom is 0.339 e. The van der Waals surface area contributed by atoms with E-state index in [1.807, 2.05) is 45.2 Å². The van der Waals surface area contributed by atoms with Gasteiger partial charge < -0.3 is 14.4 Å². The summed E-state index contributed by atoms with van der Waals surface area (Å²) in [5, 5.41) is 18.7. The Hall–Kier alpha value is -2.19. The first-order chi connectivity index (χ1) is 14.1. The molecule has 2 N–H and O–H groups in total. The Morgan fingerprint density at radius 3 is 2.00 bits per heavy atom. The Kier molecular flexibility index (Phi) is 6.67. The van der Waals surface area contributed by atoms with Crippen LogP contribution in [0.3, 0.4) is 0 Å². The molecule has 0 spiro atoms. The lowest BCUT2D eigenvalue weighted by Crippen LogP contribution is -2.13. The molecule has 0 amide bonds. The number of hydrogen-bond acceptors (Lipinski definition) is 6. The van der Waals surface area contributed by atoms with Gasteiger partial charge >= 0.3 is 16.1 Å². The SMILES string of the molecule is O=C(c1ccccc1)c1cc(I)c(OS(=O)(=O)c2ccc(C(=O)O)c(O)c2)c(I)c1. The van der Waals surface area contributed by atoms with E-state index in [0.717, 1.165) is 18.2 Å². The summed E-state index contributed by atoms with van der Waals surface area (Å²) in [6.45, 7) is 0. The molecule has 0 aliphatic rings. The molecular formula is C20H12I2O7S. The van der Waals surface area contributed by atoms with Crippen molar-refractivity contribution in [3.8, 4) is 11.5 Å². The molecule has 0 atom stereocenters. The van der Waals surface area contributed by atoms with Gasteiger partial charge in [0.1, 0.15) is 16.2 Å². The summed E-state index contributed by atoms with van der Waals surface area (Å²) in [5.41, 5.74) is 0.449. The summed E-state index contributed by atoms with van der Waals surface area (Å²) >= 11 is 3.74. The number of phenols is 1. The van der Waals surface area contributed by atoms with Crippen LogP contribution in [0.5, 0.6) is 11.5 Å². The summed E-state index contributed by atoms with van der Waals surface area (Å²) in [7, 11) is -4.36. The highest BCUT2D eigenvalue weighted by molar-refractivity contribution is 14.1. The number of carbonyl (C=O) groups is 2. The van der Waals surface area contributed by atoms with Gasteiger partial charge in [-0.15, -0.1) is 0 Å². The molecule has 30 heavy (non-hydrogen) atoms. The number of benzene rings is 3. The number of carboxylic acids is 1. The van der Waals surface area contributed by atoms with E-state index in [-0.39, 0.29) is 11.5 Å². The van der Waals surface area contributed by atoms with Crippen LogP contribution in [0.1, 0.15) is 26.3 Å². The van der Waals surface area contributed by atoms with E-state index >= 15 is 0 Å². The summed E-state index contributed by atoms with van der Waals surface area (Å²) in [6.07, 6.45) is 0. The molecule has 0 aliphatic heterocycles. The topological polar surface area (TPSA) is 118 Å². The highest BCUT2D eigenvalue weighted by Crippen LogP contribution is 2.33. The molecule has 3 aromatic rings. The number of carboxylic acid groups (broad SMARTS) is 1. The minimum Gasteiger partial charge on any atom is -0.507 e. The molecule has 3 rings (SSSR count). The Balaban J connectivity index is 1.94. The largest absolute Gasteiger partial charge is 0.507 e. The van der Waals surface area contributed by atoms with Gasteiger partial charge in [-0.25, -0.2) is 4.79 Å². The van der Waals surface area contributed by atoms with Crippen LogP contribution >= 0.6 is 45.2 Å². The maximum atomic E-state index is 12.7. The number of carbonyl (C=O) groups excluding carboxylic acids is 1. The maximum absolute atomic E-state index is 12.7. The fraction of sp³-hybridized carbons (Fsp3) is 0. The third-order valence-electron chi connectivity index (χ3n) is 3.98. The van der Waals surface area contributed by atoms with E-state index in [9.17, 15) is 23.1 Å². The lowest BCUT2D eigenvalue weighted by atomic mass is 10.0. The Bertz CT molecular complexity index is 1230. The predicted molar refractivity (Wildman–Crippen MR) is 125 cm³/mol. The van der Waals surface area contributed by atoms with Gasteiger partial charge in [0.15, 0.2) is 11.5 Å². The molecule has 0 saturated heterocycles. The molecule has 0 aliphatic carbocycles. The molecule has 0 heterocycles. The molecule has 3 aromatic carbocycles. The van der Waals surface area contributed by atoms with Crippen LogP contribution in [0, 0.1) is 7.14 Å². The fourth-order valence-electron chi connectivity index (χ4n) is 2.53. The van der Waals surface area contributed by atoms with Gasteiger partial charge in [-0.3, -0.25) is 4.79 Å². The number of rotatable bonds is 6. The smallest absolute Gasteiger partial charge is 0.339 e. The van der Waals surface area contributed by atoms with Crippen molar-refractivity contribution in [2.75, 3.05) is 0 Å². The zero-order valence-electron chi connectivity index (χ0n) is 14.9. The summed E-state index contributed by atoms with van der Waals surface area (Å²) in [5.74, 6) is -2.27. The zero-order chi connectivity index (χ0) is 22.1. The average molecular weight is 650 g/mol. The van der Waals surface area contributed by atoms with Gasteiger partial charge in [-0.1, -0.05) is 30.3 Å². The van der Waals surface area contributed by atoms with Crippen molar-refractivity contribution < 1.29 is 32.4 Å². The molecule has 7 nitrogen and oxygen atoms in total. The van der Waals surface area contributed by atoms with Crippen LogP contribution in [-0.2, 0) is 10.1 Å². The van der Waals surface area contributed by atoms with Crippen molar-refractivity contribution in [2.45, 2.75) is 4.90 Å². The van der Waals surface area contributed by atoms with Gasteiger partial charge in [-0.05, 0) is 69.4 Å². The van der Waals surface area contributed by atoms with E-state index < -0.39 is 32.3 Å². The third kappa shape index (κ3) is 4.75. The minimum atomic E-state index is -4.36. The van der Waals surface area contributed by atoms with Gasteiger partial charge in [0.2, 0.25) is 0 Å². The molecule has 0 aromatic heterocycles. The Labute approximate surface area is 199 Å².